The summed E-state index contributed by atoms with van der Waals surface area (Å²) < 4.78 is 1.25. The van der Waals surface area contributed by atoms with Gasteiger partial charge in [-0.15, -0.1) is 0 Å². The summed E-state index contributed by atoms with van der Waals surface area (Å²) in [4.78, 5) is 13.9. The third-order valence-electron chi connectivity index (χ3n) is 4.52. The normalized spacial score (nSPS) is 14.3. The van der Waals surface area contributed by atoms with Crippen LogP contribution in [0.25, 0.3) is 11.1 Å². The van der Waals surface area contributed by atoms with Gasteiger partial charge in [0.2, 0.25) is 0 Å². The number of hydrogen-bond donors (Lipinski definition) is 1. The van der Waals surface area contributed by atoms with Gasteiger partial charge in [0.15, 0.2) is 16.1 Å². The van der Waals surface area contributed by atoms with Gasteiger partial charge < -0.3 is 5.32 Å². The van der Waals surface area contributed by atoms with Crippen LogP contribution in [0.5, 0.6) is 0 Å². The van der Waals surface area contributed by atoms with Crippen molar-refractivity contribution in [1.82, 2.24) is 0 Å². The molecule has 4 rings (SSSR count). The highest BCUT2D eigenvalue weighted by Gasteiger charge is 2.40. The summed E-state index contributed by atoms with van der Waals surface area (Å²) in [5, 5.41) is 3.66. The Morgan fingerprint density at radius 3 is 2.73 bits per heavy atom. The van der Waals surface area contributed by atoms with Crippen LogP contribution in [0.2, 0.25) is 0 Å². The summed E-state index contributed by atoms with van der Waals surface area (Å²) in [6.45, 7) is 6.57. The molecule has 0 radical (unpaired) electrons. The predicted octanol–water partition coefficient (Wildman–Crippen LogP) is 6.70. The average molecular weight is 399 g/mol. The summed E-state index contributed by atoms with van der Waals surface area (Å²) in [7, 11) is 3.61. The SMILES string of the molecule is Cc1ccc2c(c1)-c1c(s[s+]c1SCC(=O)c1ccccc1)C(C)(C)N2. The predicted molar refractivity (Wildman–Crippen MR) is 115 cm³/mol. The minimum absolute atomic E-state index is 0.0962. The van der Waals surface area contributed by atoms with Gasteiger partial charge in [-0.05, 0) is 32.9 Å². The third-order valence-corrected chi connectivity index (χ3v) is 8.88. The first-order valence-electron chi connectivity index (χ1n) is 8.52. The Morgan fingerprint density at radius 1 is 1.19 bits per heavy atom. The zero-order valence-corrected chi connectivity index (χ0v) is 17.4. The topological polar surface area (TPSA) is 29.1 Å². The van der Waals surface area contributed by atoms with E-state index in [9.17, 15) is 4.79 Å². The monoisotopic (exact) mass is 398 g/mol. The first-order chi connectivity index (χ1) is 12.5. The van der Waals surface area contributed by atoms with E-state index in [1.807, 2.05) is 40.7 Å². The fraction of sp³-hybridized carbons (Fsp3) is 0.238. The van der Waals surface area contributed by atoms with Crippen molar-refractivity contribution in [2.45, 2.75) is 30.5 Å². The molecule has 1 aliphatic rings. The molecule has 2 aromatic carbocycles. The Labute approximate surface area is 165 Å². The molecule has 1 N–H and O–H groups in total. The van der Waals surface area contributed by atoms with Crippen molar-refractivity contribution in [1.29, 1.82) is 0 Å². The molecule has 1 aromatic heterocycles. The van der Waals surface area contributed by atoms with Crippen LogP contribution in [0.3, 0.4) is 0 Å². The maximum absolute atomic E-state index is 12.5. The van der Waals surface area contributed by atoms with E-state index < -0.39 is 0 Å². The average Bonchev–Trinajstić information content (AvgIpc) is 3.06. The number of hydrogen-bond acceptors (Lipinski definition) is 4. The largest absolute Gasteiger partial charge is 0.375 e. The lowest BCUT2D eigenvalue weighted by atomic mass is 9.89. The Kier molecular flexibility index (Phi) is 4.63. The second kappa shape index (κ2) is 6.80. The van der Waals surface area contributed by atoms with Crippen molar-refractivity contribution in [3.63, 3.8) is 0 Å². The van der Waals surface area contributed by atoms with E-state index in [0.717, 1.165) is 5.56 Å². The Bertz CT molecular complexity index is 976. The van der Waals surface area contributed by atoms with Gasteiger partial charge in [0.1, 0.15) is 4.88 Å². The summed E-state index contributed by atoms with van der Waals surface area (Å²) in [5.74, 6) is 0.652. The van der Waals surface area contributed by atoms with Crippen molar-refractivity contribution < 1.29 is 4.79 Å². The molecule has 0 unspecified atom stereocenters. The van der Waals surface area contributed by atoms with Crippen LogP contribution in [0.1, 0.15) is 34.6 Å². The quantitative estimate of drug-likeness (QED) is 0.229. The number of Topliss-reactive ketones (excluding diaryl/α,β-unsaturated/α-hetero) is 1. The summed E-state index contributed by atoms with van der Waals surface area (Å²) >= 11 is 1.67. The van der Waals surface area contributed by atoms with E-state index in [1.165, 1.54) is 31.5 Å². The second-order valence-electron chi connectivity index (χ2n) is 7.04. The Hall–Kier alpha value is -1.69. The fourth-order valence-electron chi connectivity index (χ4n) is 3.21. The van der Waals surface area contributed by atoms with E-state index in [-0.39, 0.29) is 11.3 Å². The second-order valence-corrected chi connectivity index (χ2v) is 10.4. The molecule has 0 saturated carbocycles. The molecular weight excluding hydrogens is 378 g/mol. The number of nitrogens with one attached hydrogen (secondary N) is 1. The Morgan fingerprint density at radius 2 is 1.96 bits per heavy atom. The molecule has 0 amide bonds. The molecular formula is C21H20NOS3+. The Balaban J connectivity index is 1.68. The van der Waals surface area contributed by atoms with Crippen molar-refractivity contribution in [3.8, 4) is 11.1 Å². The van der Waals surface area contributed by atoms with E-state index in [0.29, 0.717) is 5.75 Å². The molecule has 0 fully saturated rings. The van der Waals surface area contributed by atoms with Crippen LogP contribution in [-0.2, 0) is 5.54 Å². The number of thioether (sulfide) groups is 1. The zero-order valence-electron chi connectivity index (χ0n) is 15.0. The first kappa shape index (κ1) is 17.7. The molecule has 2 heterocycles. The van der Waals surface area contributed by atoms with Gasteiger partial charge in [-0.25, -0.2) is 0 Å². The van der Waals surface area contributed by atoms with Gasteiger partial charge in [-0.1, -0.05) is 53.7 Å². The van der Waals surface area contributed by atoms with E-state index >= 15 is 0 Å². The van der Waals surface area contributed by atoms with Gasteiger partial charge in [0, 0.05) is 16.8 Å². The zero-order chi connectivity index (χ0) is 18.3. The summed E-state index contributed by atoms with van der Waals surface area (Å²) in [5.41, 5.74) is 5.69. The molecule has 0 bridgehead atoms. The summed E-state index contributed by atoms with van der Waals surface area (Å²) in [6, 6.07) is 16.1. The van der Waals surface area contributed by atoms with Gasteiger partial charge >= 0.3 is 10.3 Å². The highest BCUT2D eigenvalue weighted by molar-refractivity contribution is 8.03. The molecule has 132 valence electrons. The number of rotatable bonds is 4. The minimum Gasteiger partial charge on any atom is -0.375 e. The smallest absolute Gasteiger partial charge is 0.308 e. The molecule has 3 aromatic rings. The number of carbonyl (C=O) groups excluding carboxylic acids is 1. The molecule has 2 nitrogen and oxygen atoms in total. The molecule has 1 aliphatic heterocycles. The number of fused-ring (bicyclic) bond motifs is 3. The van der Waals surface area contributed by atoms with Gasteiger partial charge in [-0.3, -0.25) is 4.79 Å². The molecule has 5 heteroatoms. The molecule has 0 atom stereocenters. The summed E-state index contributed by atoms with van der Waals surface area (Å²) in [6.07, 6.45) is 0. The molecule has 26 heavy (non-hydrogen) atoms. The standard InChI is InChI=1S/C21H20NOS3/c1-13-9-10-16-15(11-13)18-19(21(2,3)22-16)25-26-20(18)24-12-17(23)14-7-5-4-6-8-14/h4-11,22H,12H2,1-3H3/q+1. The lowest BCUT2D eigenvalue weighted by molar-refractivity contribution is 0.102. The van der Waals surface area contributed by atoms with E-state index in [4.69, 9.17) is 0 Å². The van der Waals surface area contributed by atoms with Crippen molar-refractivity contribution >= 4 is 43.9 Å². The van der Waals surface area contributed by atoms with Crippen LogP contribution in [0.15, 0.2) is 52.7 Å². The minimum atomic E-state index is -0.0962. The van der Waals surface area contributed by atoms with E-state index in [2.05, 4.69) is 44.3 Å². The van der Waals surface area contributed by atoms with Crippen LogP contribution in [-0.4, -0.2) is 11.5 Å². The highest BCUT2D eigenvalue weighted by Crippen LogP contribution is 2.53. The molecule has 0 aliphatic carbocycles. The van der Waals surface area contributed by atoms with Crippen LogP contribution < -0.4 is 5.32 Å². The van der Waals surface area contributed by atoms with Gasteiger partial charge in [-0.2, -0.15) is 0 Å². The third kappa shape index (κ3) is 3.20. The van der Waals surface area contributed by atoms with Crippen LogP contribution in [0, 0.1) is 6.92 Å². The number of anilines is 1. The van der Waals surface area contributed by atoms with Crippen LogP contribution in [0.4, 0.5) is 5.69 Å². The molecule has 0 saturated heterocycles. The van der Waals surface area contributed by atoms with Crippen molar-refractivity contribution in [3.05, 3.63) is 64.5 Å². The maximum atomic E-state index is 12.5. The highest BCUT2D eigenvalue weighted by atomic mass is 32.9. The van der Waals surface area contributed by atoms with Crippen molar-refractivity contribution in [2.24, 2.45) is 0 Å². The lowest BCUT2D eigenvalue weighted by Gasteiger charge is -2.32. The number of aryl methyl sites for hydroxylation is 1. The number of carbonyl (C=O) groups is 1. The maximum Gasteiger partial charge on any atom is 0.308 e. The number of benzene rings is 2. The lowest BCUT2D eigenvalue weighted by Crippen LogP contribution is -2.30. The van der Waals surface area contributed by atoms with Crippen LogP contribution >= 0.6 is 32.4 Å². The van der Waals surface area contributed by atoms with E-state index in [1.54, 1.807) is 22.1 Å². The fourth-order valence-corrected chi connectivity index (χ4v) is 7.84. The van der Waals surface area contributed by atoms with Gasteiger partial charge in [0.05, 0.1) is 16.9 Å². The van der Waals surface area contributed by atoms with Gasteiger partial charge in [0.25, 0.3) is 4.21 Å². The van der Waals surface area contributed by atoms with Crippen molar-refractivity contribution in [2.75, 3.05) is 11.1 Å². The number of ketones is 1. The first-order valence-corrected chi connectivity index (χ1v) is 11.7. The molecule has 0 spiro atoms.